The second kappa shape index (κ2) is 5.60. The monoisotopic (exact) mass is 295 g/mol. The van der Waals surface area contributed by atoms with Crippen LogP contribution in [0.3, 0.4) is 0 Å². The Morgan fingerprint density at radius 1 is 1.40 bits per heavy atom. The molecule has 3 rings (SSSR count). The Balaban J connectivity index is 1.56. The molecule has 20 heavy (non-hydrogen) atoms. The largest absolute Gasteiger partial charge is 0.353 e. The van der Waals surface area contributed by atoms with E-state index in [0.29, 0.717) is 12.0 Å². The van der Waals surface area contributed by atoms with E-state index < -0.39 is 0 Å². The lowest BCUT2D eigenvalue weighted by molar-refractivity contribution is 0.308. The minimum atomic E-state index is -0.345. The molecule has 5 heteroatoms. The van der Waals surface area contributed by atoms with Gasteiger partial charge >= 0.3 is 0 Å². The van der Waals surface area contributed by atoms with E-state index in [-0.39, 0.29) is 10.8 Å². The van der Waals surface area contributed by atoms with Crippen LogP contribution in [-0.2, 0) is 0 Å². The Morgan fingerprint density at radius 2 is 2.20 bits per heavy atom. The van der Waals surface area contributed by atoms with E-state index in [2.05, 4.69) is 22.3 Å². The third-order valence-corrected chi connectivity index (χ3v) is 4.45. The SMILES string of the molecule is CN1CCCN=C1NC1CC(c2ccc(F)c(Cl)c2)C1. The Hall–Kier alpha value is -1.29. The molecule has 3 nitrogen and oxygen atoms in total. The van der Waals surface area contributed by atoms with Gasteiger partial charge in [0.1, 0.15) is 5.82 Å². The van der Waals surface area contributed by atoms with Gasteiger partial charge in [-0.05, 0) is 42.9 Å². The zero-order chi connectivity index (χ0) is 14.1. The summed E-state index contributed by atoms with van der Waals surface area (Å²) in [6.45, 7) is 1.98. The molecule has 0 amide bonds. The van der Waals surface area contributed by atoms with Crippen molar-refractivity contribution in [1.82, 2.24) is 10.2 Å². The second-order valence-corrected chi connectivity index (χ2v) is 6.07. The van der Waals surface area contributed by atoms with Gasteiger partial charge in [-0.3, -0.25) is 4.99 Å². The lowest BCUT2D eigenvalue weighted by Gasteiger charge is -2.39. The fourth-order valence-electron chi connectivity index (χ4n) is 2.83. The molecule has 0 unspecified atom stereocenters. The molecule has 1 aliphatic carbocycles. The zero-order valence-electron chi connectivity index (χ0n) is 11.6. The summed E-state index contributed by atoms with van der Waals surface area (Å²) >= 11 is 5.83. The minimum Gasteiger partial charge on any atom is -0.353 e. The van der Waals surface area contributed by atoms with Crippen LogP contribution in [0.4, 0.5) is 4.39 Å². The first-order valence-electron chi connectivity index (χ1n) is 7.10. The fourth-order valence-corrected chi connectivity index (χ4v) is 3.02. The van der Waals surface area contributed by atoms with Crippen molar-refractivity contribution >= 4 is 17.6 Å². The number of halogens is 2. The molecule has 108 valence electrons. The number of benzene rings is 1. The second-order valence-electron chi connectivity index (χ2n) is 5.66. The van der Waals surface area contributed by atoms with E-state index in [1.54, 1.807) is 6.07 Å². The molecule has 1 saturated carbocycles. The molecule has 1 heterocycles. The number of hydrogen-bond donors (Lipinski definition) is 1. The van der Waals surface area contributed by atoms with Crippen molar-refractivity contribution in [3.63, 3.8) is 0 Å². The number of aliphatic imine (C=N–C) groups is 1. The standard InChI is InChI=1S/C15H19ClFN3/c1-20-6-2-5-18-15(20)19-12-7-11(8-12)10-3-4-14(17)13(16)9-10/h3-4,9,11-12H,2,5-8H2,1H3,(H,18,19). The summed E-state index contributed by atoms with van der Waals surface area (Å²) in [6.07, 6.45) is 3.23. The molecule has 1 aliphatic heterocycles. The summed E-state index contributed by atoms with van der Waals surface area (Å²) in [7, 11) is 2.07. The van der Waals surface area contributed by atoms with Crippen molar-refractivity contribution in [3.05, 3.63) is 34.6 Å². The average Bonchev–Trinajstić information content (AvgIpc) is 2.39. The molecule has 2 aliphatic rings. The van der Waals surface area contributed by atoms with Gasteiger partial charge in [-0.15, -0.1) is 0 Å². The summed E-state index contributed by atoms with van der Waals surface area (Å²) in [5.74, 6) is 1.14. The maximum absolute atomic E-state index is 13.1. The predicted molar refractivity (Wildman–Crippen MR) is 79.9 cm³/mol. The molecule has 0 aromatic heterocycles. The number of guanidine groups is 1. The molecule has 0 atom stereocenters. The van der Waals surface area contributed by atoms with Crippen LogP contribution in [-0.4, -0.2) is 37.0 Å². The van der Waals surface area contributed by atoms with Crippen molar-refractivity contribution in [2.75, 3.05) is 20.1 Å². The van der Waals surface area contributed by atoms with Crippen LogP contribution >= 0.6 is 11.6 Å². The normalized spacial score (nSPS) is 25.9. The number of rotatable bonds is 2. The Morgan fingerprint density at radius 3 is 2.90 bits per heavy atom. The molecule has 1 aromatic rings. The maximum Gasteiger partial charge on any atom is 0.193 e. The number of nitrogens with zero attached hydrogens (tertiary/aromatic N) is 2. The topological polar surface area (TPSA) is 27.6 Å². The van der Waals surface area contributed by atoms with E-state index >= 15 is 0 Å². The van der Waals surface area contributed by atoms with Gasteiger partial charge in [0.2, 0.25) is 0 Å². The quantitative estimate of drug-likeness (QED) is 0.908. The fraction of sp³-hybridized carbons (Fsp3) is 0.533. The van der Waals surface area contributed by atoms with E-state index in [9.17, 15) is 4.39 Å². The van der Waals surface area contributed by atoms with Crippen LogP contribution in [0.5, 0.6) is 0 Å². The van der Waals surface area contributed by atoms with Gasteiger partial charge < -0.3 is 10.2 Å². The van der Waals surface area contributed by atoms with Crippen molar-refractivity contribution in [3.8, 4) is 0 Å². The van der Waals surface area contributed by atoms with Crippen molar-refractivity contribution in [1.29, 1.82) is 0 Å². The highest BCUT2D eigenvalue weighted by Gasteiger charge is 2.32. The molecular weight excluding hydrogens is 277 g/mol. The van der Waals surface area contributed by atoms with E-state index in [4.69, 9.17) is 11.6 Å². The molecular formula is C15H19ClFN3. The zero-order valence-corrected chi connectivity index (χ0v) is 12.3. The summed E-state index contributed by atoms with van der Waals surface area (Å²) in [4.78, 5) is 6.69. The average molecular weight is 296 g/mol. The van der Waals surface area contributed by atoms with Crippen molar-refractivity contribution in [2.24, 2.45) is 4.99 Å². The third-order valence-electron chi connectivity index (χ3n) is 4.16. The summed E-state index contributed by atoms with van der Waals surface area (Å²) in [6, 6.07) is 5.51. The van der Waals surface area contributed by atoms with Crippen molar-refractivity contribution < 1.29 is 4.39 Å². The highest BCUT2D eigenvalue weighted by Crippen LogP contribution is 2.38. The Kier molecular flexibility index (Phi) is 3.83. The van der Waals surface area contributed by atoms with Gasteiger partial charge in [0, 0.05) is 26.2 Å². The van der Waals surface area contributed by atoms with Gasteiger partial charge in [-0.2, -0.15) is 0 Å². The van der Waals surface area contributed by atoms with Gasteiger partial charge in [-0.1, -0.05) is 17.7 Å². The van der Waals surface area contributed by atoms with Crippen LogP contribution in [0, 0.1) is 5.82 Å². The highest BCUT2D eigenvalue weighted by atomic mass is 35.5. The molecule has 1 aromatic carbocycles. The maximum atomic E-state index is 13.1. The van der Waals surface area contributed by atoms with Crippen LogP contribution in [0.1, 0.15) is 30.7 Å². The van der Waals surface area contributed by atoms with Crippen molar-refractivity contribution in [2.45, 2.75) is 31.2 Å². The summed E-state index contributed by atoms with van der Waals surface area (Å²) < 4.78 is 13.1. The molecule has 1 N–H and O–H groups in total. The smallest absolute Gasteiger partial charge is 0.193 e. The molecule has 1 fully saturated rings. The van der Waals surface area contributed by atoms with Crippen LogP contribution in [0.15, 0.2) is 23.2 Å². The van der Waals surface area contributed by atoms with Gasteiger partial charge in [0.05, 0.1) is 5.02 Å². The Bertz CT molecular complexity index is 526. The first-order chi connectivity index (χ1) is 9.63. The molecule has 0 saturated heterocycles. The summed E-state index contributed by atoms with van der Waals surface area (Å²) in [5.41, 5.74) is 1.13. The van der Waals surface area contributed by atoms with E-state index in [0.717, 1.165) is 43.9 Å². The lowest BCUT2D eigenvalue weighted by atomic mass is 9.76. The number of nitrogens with one attached hydrogen (secondary N) is 1. The van der Waals surface area contributed by atoms with Crippen LogP contribution in [0.25, 0.3) is 0 Å². The third kappa shape index (κ3) is 2.75. The van der Waals surface area contributed by atoms with Crippen LogP contribution in [0.2, 0.25) is 5.02 Å². The van der Waals surface area contributed by atoms with Gasteiger partial charge in [0.25, 0.3) is 0 Å². The minimum absolute atomic E-state index is 0.218. The van der Waals surface area contributed by atoms with Gasteiger partial charge in [-0.25, -0.2) is 4.39 Å². The highest BCUT2D eigenvalue weighted by molar-refractivity contribution is 6.30. The van der Waals surface area contributed by atoms with E-state index in [1.165, 1.54) is 6.07 Å². The molecule has 0 bridgehead atoms. The first kappa shape index (κ1) is 13.7. The lowest BCUT2D eigenvalue weighted by Crippen LogP contribution is -2.50. The van der Waals surface area contributed by atoms with Crippen LogP contribution < -0.4 is 5.32 Å². The Labute approximate surface area is 123 Å². The molecule has 0 spiro atoms. The first-order valence-corrected chi connectivity index (χ1v) is 7.48. The van der Waals surface area contributed by atoms with Gasteiger partial charge in [0.15, 0.2) is 5.96 Å². The van der Waals surface area contributed by atoms with E-state index in [1.807, 2.05) is 6.07 Å². The number of hydrogen-bond acceptors (Lipinski definition) is 3. The predicted octanol–water partition coefficient (Wildman–Crippen LogP) is 3.01. The molecule has 0 radical (unpaired) electrons. The summed E-state index contributed by atoms with van der Waals surface area (Å²) in [5, 5.41) is 3.72.